The molecule has 1 fully saturated rings. The zero-order chi connectivity index (χ0) is 13.5. The van der Waals surface area contributed by atoms with Crippen molar-refractivity contribution in [2.24, 2.45) is 0 Å². The van der Waals surface area contributed by atoms with Crippen LogP contribution in [0.1, 0.15) is 42.5 Å². The van der Waals surface area contributed by atoms with E-state index in [1.165, 1.54) is 19.3 Å². The fourth-order valence-corrected chi connectivity index (χ4v) is 2.40. The summed E-state index contributed by atoms with van der Waals surface area (Å²) in [6, 6.07) is 6.98. The first-order valence-corrected chi connectivity index (χ1v) is 7.01. The van der Waals surface area contributed by atoms with E-state index in [1.807, 2.05) is 0 Å². The van der Waals surface area contributed by atoms with Crippen LogP contribution in [-0.4, -0.2) is 25.2 Å². The fraction of sp³-hybridized carbons (Fsp3) is 0.533. The molecule has 0 radical (unpaired) electrons. The molecule has 0 unspecified atom stereocenters. The van der Waals surface area contributed by atoms with Crippen molar-refractivity contribution in [3.8, 4) is 0 Å². The summed E-state index contributed by atoms with van der Waals surface area (Å²) >= 11 is 0. The fourth-order valence-electron chi connectivity index (χ4n) is 2.40. The van der Waals surface area contributed by atoms with Gasteiger partial charge < -0.3 is 15.8 Å². The minimum Gasteiger partial charge on any atom is -0.399 e. The van der Waals surface area contributed by atoms with Gasteiger partial charge in [0.25, 0.3) is 5.91 Å². The molecule has 0 aromatic heterocycles. The highest BCUT2D eigenvalue weighted by Crippen LogP contribution is 2.19. The number of nitrogens with one attached hydrogen (secondary N) is 1. The lowest BCUT2D eigenvalue weighted by Crippen LogP contribution is -2.29. The number of amides is 1. The monoisotopic (exact) mass is 298 g/mol. The molecule has 20 heavy (non-hydrogen) atoms. The highest BCUT2D eigenvalue weighted by atomic mass is 35.5. The molecule has 0 saturated heterocycles. The maximum atomic E-state index is 11.8. The number of halogens is 1. The van der Waals surface area contributed by atoms with Crippen molar-refractivity contribution in [1.29, 1.82) is 0 Å². The highest BCUT2D eigenvalue weighted by molar-refractivity contribution is 5.94. The van der Waals surface area contributed by atoms with E-state index in [-0.39, 0.29) is 18.3 Å². The van der Waals surface area contributed by atoms with Gasteiger partial charge in [0, 0.05) is 17.8 Å². The van der Waals surface area contributed by atoms with E-state index in [2.05, 4.69) is 5.32 Å². The average molecular weight is 299 g/mol. The van der Waals surface area contributed by atoms with Crippen LogP contribution in [0.4, 0.5) is 5.69 Å². The molecule has 1 amide bonds. The second kappa shape index (κ2) is 8.82. The van der Waals surface area contributed by atoms with Crippen molar-refractivity contribution in [2.45, 2.75) is 38.2 Å². The Morgan fingerprint density at radius 2 is 2.05 bits per heavy atom. The van der Waals surface area contributed by atoms with Gasteiger partial charge in [-0.2, -0.15) is 0 Å². The SMILES string of the molecule is Cl.Nc1cccc(C(=O)NCCOC2CCCCC2)c1. The number of rotatable bonds is 5. The molecule has 0 heterocycles. The van der Waals surface area contributed by atoms with E-state index in [1.54, 1.807) is 24.3 Å². The average Bonchev–Trinajstić information content (AvgIpc) is 2.44. The number of nitrogen functional groups attached to an aromatic ring is 1. The first kappa shape index (κ1) is 16.8. The molecular formula is C15H23ClN2O2. The zero-order valence-electron chi connectivity index (χ0n) is 11.6. The molecular weight excluding hydrogens is 276 g/mol. The summed E-state index contributed by atoms with van der Waals surface area (Å²) in [6.45, 7) is 1.13. The zero-order valence-corrected chi connectivity index (χ0v) is 12.5. The second-order valence-corrected chi connectivity index (χ2v) is 5.01. The summed E-state index contributed by atoms with van der Waals surface area (Å²) in [6.07, 6.45) is 6.55. The van der Waals surface area contributed by atoms with E-state index in [0.29, 0.717) is 30.5 Å². The summed E-state index contributed by atoms with van der Waals surface area (Å²) in [5, 5.41) is 2.85. The topological polar surface area (TPSA) is 64.4 Å². The van der Waals surface area contributed by atoms with Crippen LogP contribution in [0.3, 0.4) is 0 Å². The number of ether oxygens (including phenoxy) is 1. The lowest BCUT2D eigenvalue weighted by Gasteiger charge is -2.22. The molecule has 0 spiro atoms. The van der Waals surface area contributed by atoms with Crippen molar-refractivity contribution < 1.29 is 9.53 Å². The molecule has 3 N–H and O–H groups in total. The minimum absolute atomic E-state index is 0. The van der Waals surface area contributed by atoms with Crippen LogP contribution >= 0.6 is 12.4 Å². The summed E-state index contributed by atoms with van der Waals surface area (Å²) in [5.41, 5.74) is 6.84. The number of carbonyl (C=O) groups excluding carboxylic acids is 1. The standard InChI is InChI=1S/C15H22N2O2.ClH/c16-13-6-4-5-12(11-13)15(18)17-9-10-19-14-7-2-1-3-8-14;/h4-6,11,14H,1-3,7-10,16H2,(H,17,18);1H. The van der Waals surface area contributed by atoms with Crippen molar-refractivity contribution in [2.75, 3.05) is 18.9 Å². The molecule has 0 bridgehead atoms. The Kier molecular flexibility index (Phi) is 7.41. The molecule has 112 valence electrons. The Bertz CT molecular complexity index is 420. The van der Waals surface area contributed by atoms with Gasteiger partial charge >= 0.3 is 0 Å². The Morgan fingerprint density at radius 3 is 2.75 bits per heavy atom. The Balaban J connectivity index is 0.00000200. The van der Waals surface area contributed by atoms with Gasteiger partial charge in [-0.3, -0.25) is 4.79 Å². The first-order chi connectivity index (χ1) is 9.25. The number of hydrogen-bond donors (Lipinski definition) is 2. The lowest BCUT2D eigenvalue weighted by atomic mass is 9.98. The second-order valence-electron chi connectivity index (χ2n) is 5.01. The summed E-state index contributed by atoms with van der Waals surface area (Å²) in [5.74, 6) is -0.0976. The molecule has 1 aromatic carbocycles. The quantitative estimate of drug-likeness (QED) is 0.649. The largest absolute Gasteiger partial charge is 0.399 e. The van der Waals surface area contributed by atoms with Crippen LogP contribution in [0.25, 0.3) is 0 Å². The van der Waals surface area contributed by atoms with E-state index < -0.39 is 0 Å². The predicted octanol–water partition coefficient (Wildman–Crippen LogP) is 2.77. The minimum atomic E-state index is -0.0976. The Morgan fingerprint density at radius 1 is 1.30 bits per heavy atom. The first-order valence-electron chi connectivity index (χ1n) is 7.01. The molecule has 1 aliphatic carbocycles. The molecule has 0 aliphatic heterocycles. The third-order valence-corrected chi connectivity index (χ3v) is 3.44. The van der Waals surface area contributed by atoms with Gasteiger partial charge in [-0.05, 0) is 31.0 Å². The van der Waals surface area contributed by atoms with Gasteiger partial charge in [0.05, 0.1) is 12.7 Å². The normalized spacial score (nSPS) is 15.4. The molecule has 1 saturated carbocycles. The van der Waals surface area contributed by atoms with Gasteiger partial charge in [0.15, 0.2) is 0 Å². The third-order valence-electron chi connectivity index (χ3n) is 3.44. The van der Waals surface area contributed by atoms with Gasteiger partial charge in [0.1, 0.15) is 0 Å². The number of hydrogen-bond acceptors (Lipinski definition) is 3. The Hall–Kier alpha value is -1.26. The van der Waals surface area contributed by atoms with E-state index in [4.69, 9.17) is 10.5 Å². The van der Waals surface area contributed by atoms with Crippen molar-refractivity contribution in [3.63, 3.8) is 0 Å². The van der Waals surface area contributed by atoms with Gasteiger partial charge in [-0.1, -0.05) is 25.3 Å². The smallest absolute Gasteiger partial charge is 0.251 e. The maximum Gasteiger partial charge on any atom is 0.251 e. The molecule has 0 atom stereocenters. The highest BCUT2D eigenvalue weighted by Gasteiger charge is 2.13. The molecule has 2 rings (SSSR count). The third kappa shape index (κ3) is 5.39. The predicted molar refractivity (Wildman–Crippen MR) is 83.3 cm³/mol. The maximum absolute atomic E-state index is 11.8. The number of carbonyl (C=O) groups is 1. The number of nitrogens with two attached hydrogens (primary N) is 1. The van der Waals surface area contributed by atoms with Crippen LogP contribution in [0.15, 0.2) is 24.3 Å². The van der Waals surface area contributed by atoms with Gasteiger partial charge in [-0.15, -0.1) is 12.4 Å². The van der Waals surface area contributed by atoms with Gasteiger partial charge in [0.2, 0.25) is 0 Å². The number of anilines is 1. The number of benzene rings is 1. The van der Waals surface area contributed by atoms with E-state index in [9.17, 15) is 4.79 Å². The summed E-state index contributed by atoms with van der Waals surface area (Å²) < 4.78 is 5.75. The molecule has 1 aliphatic rings. The molecule has 4 nitrogen and oxygen atoms in total. The van der Waals surface area contributed by atoms with E-state index in [0.717, 1.165) is 12.8 Å². The van der Waals surface area contributed by atoms with Crippen LogP contribution in [0.5, 0.6) is 0 Å². The summed E-state index contributed by atoms with van der Waals surface area (Å²) in [4.78, 5) is 11.8. The van der Waals surface area contributed by atoms with Crippen LogP contribution in [0, 0.1) is 0 Å². The molecule has 5 heteroatoms. The van der Waals surface area contributed by atoms with Crippen molar-refractivity contribution in [3.05, 3.63) is 29.8 Å². The Labute approximate surface area is 126 Å². The van der Waals surface area contributed by atoms with Crippen LogP contribution < -0.4 is 11.1 Å². The van der Waals surface area contributed by atoms with Crippen LogP contribution in [0.2, 0.25) is 0 Å². The molecule has 1 aromatic rings. The van der Waals surface area contributed by atoms with Crippen molar-refractivity contribution in [1.82, 2.24) is 5.32 Å². The van der Waals surface area contributed by atoms with Crippen LogP contribution in [-0.2, 0) is 4.74 Å². The van der Waals surface area contributed by atoms with Gasteiger partial charge in [-0.25, -0.2) is 0 Å². The van der Waals surface area contributed by atoms with Crippen molar-refractivity contribution >= 4 is 24.0 Å². The van der Waals surface area contributed by atoms with E-state index >= 15 is 0 Å². The lowest BCUT2D eigenvalue weighted by molar-refractivity contribution is 0.0299. The summed E-state index contributed by atoms with van der Waals surface area (Å²) in [7, 11) is 0.